The quantitative estimate of drug-likeness (QED) is 0.422. The van der Waals surface area contributed by atoms with Gasteiger partial charge in [0.2, 0.25) is 0 Å². The molecule has 0 saturated heterocycles. The van der Waals surface area contributed by atoms with Crippen molar-refractivity contribution < 1.29 is 14.6 Å². The first-order chi connectivity index (χ1) is 7.02. The number of carbonyl (C=O) groups is 1. The lowest BCUT2D eigenvalue weighted by Crippen LogP contribution is -2.30. The zero-order chi connectivity index (χ0) is 11.8. The second kappa shape index (κ2) is 8.29. The van der Waals surface area contributed by atoms with Gasteiger partial charge in [0.1, 0.15) is 12.7 Å². The van der Waals surface area contributed by atoms with Crippen molar-refractivity contribution in [1.29, 1.82) is 0 Å². The number of esters is 1. The highest BCUT2D eigenvalue weighted by Gasteiger charge is 2.22. The summed E-state index contributed by atoms with van der Waals surface area (Å²) in [5, 5.41) is 9.35. The number of rotatable bonds is 7. The van der Waals surface area contributed by atoms with Gasteiger partial charge in [-0.3, -0.25) is 8.32 Å². The molecule has 0 fully saturated rings. The van der Waals surface area contributed by atoms with Crippen LogP contribution in [0.2, 0.25) is 0 Å². The number of halogens is 1. The van der Waals surface area contributed by atoms with E-state index < -0.39 is 6.10 Å². The maximum atomic E-state index is 11.6. The molecule has 0 aromatic carbocycles. The fourth-order valence-electron chi connectivity index (χ4n) is 1.34. The Balaban J connectivity index is 3.90. The number of nitrogens with one attached hydrogen (secondary N) is 1. The van der Waals surface area contributed by atoms with E-state index in [0.29, 0.717) is 6.54 Å². The molecule has 0 spiro atoms. The van der Waals surface area contributed by atoms with Gasteiger partial charge >= 0.3 is 5.97 Å². The van der Waals surface area contributed by atoms with E-state index in [4.69, 9.17) is 4.74 Å². The molecule has 0 aromatic heterocycles. The molecule has 0 amide bonds. The first kappa shape index (κ1) is 15.1. The average Bonchev–Trinajstić information content (AvgIpc) is 2.15. The van der Waals surface area contributed by atoms with Gasteiger partial charge < -0.3 is 9.84 Å². The Morgan fingerprint density at radius 3 is 2.53 bits per heavy atom. The van der Waals surface area contributed by atoms with E-state index in [1.807, 2.05) is 43.6 Å². The first-order valence-corrected chi connectivity index (χ1v) is 6.28. The highest BCUT2D eigenvalue weighted by atomic mass is 127. The van der Waals surface area contributed by atoms with Crippen LogP contribution in [0.25, 0.3) is 0 Å². The molecule has 2 atom stereocenters. The maximum absolute atomic E-state index is 11.6. The van der Waals surface area contributed by atoms with Gasteiger partial charge in [-0.2, -0.15) is 0 Å². The minimum Gasteiger partial charge on any atom is -0.463 e. The van der Waals surface area contributed by atoms with Crippen LogP contribution >= 0.6 is 22.9 Å². The molecule has 0 bridgehead atoms. The Bertz CT molecular complexity index is 188. The van der Waals surface area contributed by atoms with Crippen molar-refractivity contribution in [1.82, 2.24) is 3.53 Å². The molecule has 0 aliphatic rings. The van der Waals surface area contributed by atoms with Gasteiger partial charge in [0, 0.05) is 29.4 Å². The van der Waals surface area contributed by atoms with Gasteiger partial charge in [0.05, 0.1) is 5.92 Å². The van der Waals surface area contributed by atoms with Gasteiger partial charge in [-0.05, 0) is 12.3 Å². The van der Waals surface area contributed by atoms with Crippen LogP contribution in [0.4, 0.5) is 0 Å². The van der Waals surface area contributed by atoms with Crippen LogP contribution < -0.4 is 3.53 Å². The summed E-state index contributed by atoms with van der Waals surface area (Å²) in [5.74, 6) is 0.00659. The van der Waals surface area contributed by atoms with Gasteiger partial charge in [-0.25, -0.2) is 0 Å². The Morgan fingerprint density at radius 2 is 2.13 bits per heavy atom. The zero-order valence-corrected chi connectivity index (χ0v) is 11.7. The summed E-state index contributed by atoms with van der Waals surface area (Å²) >= 11 is 1.94. The fourth-order valence-corrected chi connectivity index (χ4v) is 1.85. The van der Waals surface area contributed by atoms with Crippen molar-refractivity contribution >= 4 is 28.8 Å². The molecular weight excluding hydrogens is 309 g/mol. The number of hydrogen-bond acceptors (Lipinski definition) is 4. The van der Waals surface area contributed by atoms with Crippen LogP contribution in [-0.2, 0) is 9.53 Å². The number of carbonyl (C=O) groups excluding carboxylic acids is 1. The summed E-state index contributed by atoms with van der Waals surface area (Å²) in [6.07, 6.45) is 0.146. The van der Waals surface area contributed by atoms with Gasteiger partial charge in [-0.15, -0.1) is 0 Å². The molecule has 15 heavy (non-hydrogen) atoms. The number of ether oxygens (including phenoxy) is 1. The van der Waals surface area contributed by atoms with Crippen LogP contribution in [0.5, 0.6) is 0 Å². The van der Waals surface area contributed by atoms with Gasteiger partial charge in [-0.1, -0.05) is 20.8 Å². The lowest BCUT2D eigenvalue weighted by molar-refractivity contribution is -0.153. The molecule has 90 valence electrons. The molecular formula is C10H20INO3. The lowest BCUT2D eigenvalue weighted by atomic mass is 9.93. The third-order valence-corrected chi connectivity index (χ3v) is 2.72. The second-order valence-electron chi connectivity index (χ2n) is 3.88. The van der Waals surface area contributed by atoms with Crippen molar-refractivity contribution in [2.75, 3.05) is 13.2 Å². The predicted octanol–water partition coefficient (Wildman–Crippen LogP) is 1.51. The summed E-state index contributed by atoms with van der Waals surface area (Å²) in [6, 6.07) is 0. The van der Waals surface area contributed by atoms with Gasteiger partial charge in [0.25, 0.3) is 0 Å². The third-order valence-electron chi connectivity index (χ3n) is 2.28. The van der Waals surface area contributed by atoms with E-state index in [1.54, 1.807) is 0 Å². The fraction of sp³-hybridized carbons (Fsp3) is 0.900. The standard InChI is InChI=1S/C10H20INO3/c1-4-9(7(2)3)10(14)15-6-8(13)5-12-11/h7-9,12-13H,4-6H2,1-3H3. The maximum Gasteiger partial charge on any atom is 0.309 e. The molecule has 0 saturated carbocycles. The Kier molecular flexibility index (Phi) is 8.36. The van der Waals surface area contributed by atoms with Crippen molar-refractivity contribution in [3.8, 4) is 0 Å². The van der Waals surface area contributed by atoms with Crippen LogP contribution in [0.3, 0.4) is 0 Å². The van der Waals surface area contributed by atoms with E-state index in [-0.39, 0.29) is 24.4 Å². The molecule has 0 aliphatic carbocycles. The van der Waals surface area contributed by atoms with E-state index in [1.165, 1.54) is 0 Å². The van der Waals surface area contributed by atoms with Crippen LogP contribution in [0.15, 0.2) is 0 Å². The summed E-state index contributed by atoms with van der Waals surface area (Å²) < 4.78 is 7.82. The monoisotopic (exact) mass is 329 g/mol. The largest absolute Gasteiger partial charge is 0.463 e. The third kappa shape index (κ3) is 6.32. The average molecular weight is 329 g/mol. The molecule has 2 unspecified atom stereocenters. The first-order valence-electron chi connectivity index (χ1n) is 5.21. The molecule has 5 heteroatoms. The summed E-state index contributed by atoms with van der Waals surface area (Å²) in [6.45, 7) is 6.45. The minimum absolute atomic E-state index is 0.0650. The summed E-state index contributed by atoms with van der Waals surface area (Å²) in [7, 11) is 0. The predicted molar refractivity (Wildman–Crippen MR) is 67.6 cm³/mol. The van der Waals surface area contributed by atoms with Crippen molar-refractivity contribution in [3.05, 3.63) is 0 Å². The lowest BCUT2D eigenvalue weighted by Gasteiger charge is -2.18. The second-order valence-corrected chi connectivity index (χ2v) is 4.64. The van der Waals surface area contributed by atoms with E-state index in [2.05, 4.69) is 3.53 Å². The van der Waals surface area contributed by atoms with Crippen molar-refractivity contribution in [2.24, 2.45) is 11.8 Å². The van der Waals surface area contributed by atoms with Gasteiger partial charge in [0.15, 0.2) is 0 Å². The topological polar surface area (TPSA) is 58.6 Å². The van der Waals surface area contributed by atoms with E-state index in [0.717, 1.165) is 6.42 Å². The van der Waals surface area contributed by atoms with Crippen LogP contribution in [-0.4, -0.2) is 30.3 Å². The van der Waals surface area contributed by atoms with E-state index >= 15 is 0 Å². The highest BCUT2D eigenvalue weighted by molar-refractivity contribution is 14.1. The number of hydrogen-bond donors (Lipinski definition) is 2. The summed E-state index contributed by atoms with van der Waals surface area (Å²) in [5.41, 5.74) is 0. The smallest absolute Gasteiger partial charge is 0.309 e. The SMILES string of the molecule is CCC(C(=O)OCC(O)CNI)C(C)C. The number of aliphatic hydroxyl groups is 1. The van der Waals surface area contributed by atoms with E-state index in [9.17, 15) is 9.90 Å². The molecule has 0 rings (SSSR count). The Labute approximate surface area is 105 Å². The zero-order valence-electron chi connectivity index (χ0n) is 9.50. The van der Waals surface area contributed by atoms with Crippen LogP contribution in [0, 0.1) is 11.8 Å². The highest BCUT2D eigenvalue weighted by Crippen LogP contribution is 2.16. The molecule has 0 aromatic rings. The van der Waals surface area contributed by atoms with Crippen LogP contribution in [0.1, 0.15) is 27.2 Å². The molecule has 0 heterocycles. The molecule has 0 radical (unpaired) electrons. The van der Waals surface area contributed by atoms with Crippen molar-refractivity contribution in [2.45, 2.75) is 33.3 Å². The summed E-state index contributed by atoms with van der Waals surface area (Å²) in [4.78, 5) is 11.6. The van der Waals surface area contributed by atoms with Crippen molar-refractivity contribution in [3.63, 3.8) is 0 Å². The molecule has 0 aliphatic heterocycles. The normalized spacial score (nSPS) is 15.1. The molecule has 2 N–H and O–H groups in total. The molecule has 4 nitrogen and oxygen atoms in total. The number of aliphatic hydroxyl groups excluding tert-OH is 1. The minimum atomic E-state index is -0.629. The Hall–Kier alpha value is 0.120. The Morgan fingerprint density at radius 1 is 1.53 bits per heavy atom.